The first kappa shape index (κ1) is 24.6. The van der Waals surface area contributed by atoms with Gasteiger partial charge in [0.2, 0.25) is 5.91 Å². The molecule has 2 aromatic heterocycles. The van der Waals surface area contributed by atoms with Crippen molar-refractivity contribution in [3.05, 3.63) is 118 Å². The lowest BCUT2D eigenvalue weighted by Gasteiger charge is -2.17. The Morgan fingerprint density at radius 1 is 0.744 bits per heavy atom. The summed E-state index contributed by atoms with van der Waals surface area (Å²) < 4.78 is 8.61. The molecule has 0 atom stereocenters. The third kappa shape index (κ3) is 4.19. The summed E-state index contributed by atoms with van der Waals surface area (Å²) >= 11 is 6.11. The van der Waals surface area contributed by atoms with Crippen LogP contribution in [0.5, 0.6) is 0 Å². The van der Waals surface area contributed by atoms with Crippen LogP contribution in [-0.2, 0) is 11.8 Å². The molecule has 0 spiro atoms. The van der Waals surface area contributed by atoms with Crippen molar-refractivity contribution in [3.8, 4) is 11.1 Å². The fourth-order valence-corrected chi connectivity index (χ4v) is 5.34. The summed E-state index contributed by atoms with van der Waals surface area (Å²) in [6.07, 6.45) is -0.0216. The molecule has 0 unspecified atom stereocenters. The second kappa shape index (κ2) is 9.89. The molecular weight excluding hydrogens is 512 g/mol. The number of halogens is 1. The third-order valence-corrected chi connectivity index (χ3v) is 7.26. The molecule has 0 aliphatic heterocycles. The minimum atomic E-state index is -0.680. The van der Waals surface area contributed by atoms with E-state index >= 15 is 0 Å². The Morgan fingerprint density at radius 3 is 1.90 bits per heavy atom. The second-order valence-corrected chi connectivity index (χ2v) is 9.73. The molecule has 0 N–H and O–H groups in total. The number of rotatable bonds is 5. The zero-order valence-corrected chi connectivity index (χ0v) is 21.8. The molecule has 0 bridgehead atoms. The average molecular weight is 535 g/mol. The van der Waals surface area contributed by atoms with E-state index in [-0.39, 0.29) is 30.2 Å². The number of hydrogen-bond acceptors (Lipinski definition) is 4. The van der Waals surface area contributed by atoms with Crippen LogP contribution in [0.1, 0.15) is 21.7 Å². The highest BCUT2D eigenvalue weighted by atomic mass is 35.5. The van der Waals surface area contributed by atoms with Gasteiger partial charge in [0, 0.05) is 33.8 Å². The van der Waals surface area contributed by atoms with Gasteiger partial charge in [-0.05, 0) is 41.3 Å². The number of esters is 1. The van der Waals surface area contributed by atoms with E-state index in [1.807, 2.05) is 60.7 Å². The van der Waals surface area contributed by atoms with Crippen molar-refractivity contribution in [2.24, 2.45) is 7.05 Å². The molecule has 0 saturated carbocycles. The molecule has 0 aliphatic rings. The number of pyridine rings is 1. The van der Waals surface area contributed by atoms with Gasteiger partial charge in [0.05, 0.1) is 17.5 Å². The number of aromatic nitrogens is 2. The zero-order chi connectivity index (χ0) is 27.1. The lowest BCUT2D eigenvalue weighted by Crippen LogP contribution is -2.26. The maximum atomic E-state index is 13.5. The maximum Gasteiger partial charge on any atom is 0.355 e. The standard InChI is InChI=1S/C32H23ClN2O4/c1-34-30(29(20-14-16-21(33)17-15-20)24-10-2-3-11-25(24)31(34)37)32(38)39-19-18-28(36)35-26-12-6-4-8-22(26)23-9-5-7-13-27(23)35/h2-17H,18-19H2,1H3. The number of fused-ring (bicyclic) bond motifs is 4. The first-order valence-corrected chi connectivity index (χ1v) is 12.9. The van der Waals surface area contributed by atoms with E-state index in [9.17, 15) is 14.4 Å². The van der Waals surface area contributed by atoms with Crippen LogP contribution in [0.3, 0.4) is 0 Å². The lowest BCUT2D eigenvalue weighted by molar-refractivity contribution is 0.0479. The molecule has 4 aromatic carbocycles. The first-order chi connectivity index (χ1) is 19.0. The molecule has 2 heterocycles. The zero-order valence-electron chi connectivity index (χ0n) is 21.1. The predicted octanol–water partition coefficient (Wildman–Crippen LogP) is 6.85. The maximum absolute atomic E-state index is 13.5. The van der Waals surface area contributed by atoms with Gasteiger partial charge < -0.3 is 9.30 Å². The molecule has 6 nitrogen and oxygen atoms in total. The summed E-state index contributed by atoms with van der Waals surface area (Å²) in [5.41, 5.74) is 2.71. The average Bonchev–Trinajstić information content (AvgIpc) is 3.30. The Morgan fingerprint density at radius 2 is 1.28 bits per heavy atom. The van der Waals surface area contributed by atoms with Gasteiger partial charge in [-0.1, -0.05) is 78.3 Å². The Bertz CT molecular complexity index is 1920. The van der Waals surface area contributed by atoms with Crippen LogP contribution >= 0.6 is 11.6 Å². The molecule has 39 heavy (non-hydrogen) atoms. The van der Waals surface area contributed by atoms with Gasteiger partial charge in [0.15, 0.2) is 0 Å². The van der Waals surface area contributed by atoms with E-state index in [1.165, 1.54) is 4.57 Å². The quantitative estimate of drug-likeness (QED) is 0.227. The number of nitrogens with zero attached hydrogens (tertiary/aromatic N) is 2. The van der Waals surface area contributed by atoms with E-state index in [0.717, 1.165) is 27.4 Å². The van der Waals surface area contributed by atoms with Crippen molar-refractivity contribution in [1.82, 2.24) is 9.13 Å². The molecule has 7 heteroatoms. The van der Waals surface area contributed by atoms with Gasteiger partial charge in [-0.25, -0.2) is 4.79 Å². The Balaban J connectivity index is 1.34. The van der Waals surface area contributed by atoms with Gasteiger partial charge in [-0.15, -0.1) is 0 Å². The number of ether oxygens (including phenoxy) is 1. The van der Waals surface area contributed by atoms with Crippen molar-refractivity contribution in [2.75, 3.05) is 6.61 Å². The topological polar surface area (TPSA) is 70.3 Å². The van der Waals surface area contributed by atoms with Crippen LogP contribution in [0.15, 0.2) is 102 Å². The summed E-state index contributed by atoms with van der Waals surface area (Å²) in [4.78, 5) is 40.0. The van der Waals surface area contributed by atoms with Crippen LogP contribution in [0.4, 0.5) is 0 Å². The molecule has 0 saturated heterocycles. The normalized spacial score (nSPS) is 11.3. The van der Waals surface area contributed by atoms with Crippen LogP contribution in [-0.4, -0.2) is 27.6 Å². The summed E-state index contributed by atoms with van der Waals surface area (Å²) in [6.45, 7) is -0.139. The van der Waals surface area contributed by atoms with Crippen molar-refractivity contribution >= 4 is 56.1 Å². The van der Waals surface area contributed by atoms with Gasteiger partial charge in [-0.2, -0.15) is 0 Å². The Labute approximate surface area is 228 Å². The van der Waals surface area contributed by atoms with Crippen LogP contribution < -0.4 is 5.56 Å². The molecule has 0 amide bonds. The van der Waals surface area contributed by atoms with E-state index in [1.54, 1.807) is 48.0 Å². The minimum Gasteiger partial charge on any atom is -0.460 e. The number of hydrogen-bond donors (Lipinski definition) is 0. The number of para-hydroxylation sites is 2. The molecule has 192 valence electrons. The SMILES string of the molecule is Cn1c(C(=O)OCCC(=O)n2c3ccccc3c3ccccc32)c(-c2ccc(Cl)cc2)c2ccccc2c1=O. The summed E-state index contributed by atoms with van der Waals surface area (Å²) in [7, 11) is 1.55. The molecule has 0 radical (unpaired) electrons. The smallest absolute Gasteiger partial charge is 0.355 e. The molecule has 0 fully saturated rings. The van der Waals surface area contributed by atoms with Crippen molar-refractivity contribution < 1.29 is 14.3 Å². The van der Waals surface area contributed by atoms with E-state index < -0.39 is 5.97 Å². The first-order valence-electron chi connectivity index (χ1n) is 12.5. The highest BCUT2D eigenvalue weighted by molar-refractivity contribution is 6.30. The monoisotopic (exact) mass is 534 g/mol. The Kier molecular flexibility index (Phi) is 6.25. The van der Waals surface area contributed by atoms with E-state index in [4.69, 9.17) is 16.3 Å². The molecule has 0 aliphatic carbocycles. The molecule has 6 aromatic rings. The van der Waals surface area contributed by atoms with Gasteiger partial charge >= 0.3 is 5.97 Å². The summed E-state index contributed by atoms with van der Waals surface area (Å²) in [5, 5.41) is 3.65. The molecule has 6 rings (SSSR count). The summed E-state index contributed by atoms with van der Waals surface area (Å²) in [6, 6.07) is 29.7. The van der Waals surface area contributed by atoms with Gasteiger partial charge in [0.1, 0.15) is 12.3 Å². The van der Waals surface area contributed by atoms with Crippen LogP contribution in [0.25, 0.3) is 43.7 Å². The van der Waals surface area contributed by atoms with Crippen molar-refractivity contribution in [2.45, 2.75) is 6.42 Å². The Hall–Kier alpha value is -4.68. The van der Waals surface area contributed by atoms with Crippen molar-refractivity contribution in [3.63, 3.8) is 0 Å². The van der Waals surface area contributed by atoms with E-state index in [2.05, 4.69) is 0 Å². The second-order valence-electron chi connectivity index (χ2n) is 9.29. The largest absolute Gasteiger partial charge is 0.460 e. The molecular formula is C32H23ClN2O4. The van der Waals surface area contributed by atoms with Crippen LogP contribution in [0, 0.1) is 0 Å². The summed E-state index contributed by atoms with van der Waals surface area (Å²) in [5.74, 6) is -0.870. The van der Waals surface area contributed by atoms with E-state index in [0.29, 0.717) is 21.4 Å². The number of carbonyl (C=O) groups excluding carboxylic acids is 2. The fourth-order valence-electron chi connectivity index (χ4n) is 5.22. The number of carbonyl (C=O) groups is 2. The number of benzene rings is 4. The fraction of sp³-hybridized carbons (Fsp3) is 0.0938. The van der Waals surface area contributed by atoms with Crippen LogP contribution in [0.2, 0.25) is 5.02 Å². The predicted molar refractivity (Wildman–Crippen MR) is 155 cm³/mol. The van der Waals surface area contributed by atoms with Crippen molar-refractivity contribution in [1.29, 1.82) is 0 Å². The third-order valence-electron chi connectivity index (χ3n) is 7.01. The van der Waals surface area contributed by atoms with Gasteiger partial charge in [0.25, 0.3) is 5.56 Å². The minimum absolute atomic E-state index is 0.0216. The highest BCUT2D eigenvalue weighted by Crippen LogP contribution is 2.32. The lowest BCUT2D eigenvalue weighted by atomic mass is 9.97. The van der Waals surface area contributed by atoms with Gasteiger partial charge in [-0.3, -0.25) is 14.2 Å². The highest BCUT2D eigenvalue weighted by Gasteiger charge is 2.23.